The molecule has 2 aromatic rings. The third-order valence-corrected chi connectivity index (χ3v) is 7.44. The predicted molar refractivity (Wildman–Crippen MR) is 130 cm³/mol. The van der Waals surface area contributed by atoms with E-state index in [0.29, 0.717) is 12.6 Å². The van der Waals surface area contributed by atoms with Crippen molar-refractivity contribution in [2.45, 2.75) is 57.2 Å². The maximum atomic E-state index is 13.9. The van der Waals surface area contributed by atoms with Crippen molar-refractivity contribution in [2.75, 3.05) is 42.5 Å². The van der Waals surface area contributed by atoms with Crippen LogP contribution in [0.25, 0.3) is 0 Å². The molecule has 7 heteroatoms. The monoisotopic (exact) mass is 450 g/mol. The van der Waals surface area contributed by atoms with Gasteiger partial charge < -0.3 is 24.6 Å². The molecule has 1 saturated heterocycles. The molecule has 176 valence electrons. The topological polar surface area (TPSA) is 66.9 Å². The molecule has 3 heterocycles. The number of hydrogen-bond donors (Lipinski definition) is 1. The van der Waals surface area contributed by atoms with Gasteiger partial charge in [-0.25, -0.2) is 4.98 Å². The van der Waals surface area contributed by atoms with E-state index in [0.717, 1.165) is 80.1 Å². The molecule has 1 atom stereocenters. The smallest absolute Gasteiger partial charge is 0.230 e. The van der Waals surface area contributed by atoms with Crippen LogP contribution in [0.3, 0.4) is 0 Å². The van der Waals surface area contributed by atoms with Crippen LogP contribution >= 0.6 is 0 Å². The van der Waals surface area contributed by atoms with Gasteiger partial charge in [-0.2, -0.15) is 0 Å². The number of carbonyl (C=O) groups excluding carboxylic acids is 1. The standard InChI is InChI=1S/C26H34N4O3/c1-32-17-21-6-4-14-29(21)20-9-12-23-24(15-20)30(16-19-5-3-13-27-25(19)28-23)26(31)18-7-10-22(33-2)11-8-18/h3,5,9,12-13,15,18,21-22H,4,6-8,10-11,14,16-17H2,1-2H3,(H,27,28)/t18-,21-,22-/m0/s1. The van der Waals surface area contributed by atoms with Crippen molar-refractivity contribution in [3.8, 4) is 0 Å². The van der Waals surface area contributed by atoms with Crippen LogP contribution in [-0.2, 0) is 20.8 Å². The second-order valence-corrected chi connectivity index (χ2v) is 9.42. The van der Waals surface area contributed by atoms with Crippen LogP contribution in [0, 0.1) is 5.92 Å². The number of nitrogens with zero attached hydrogens (tertiary/aromatic N) is 3. The Morgan fingerprint density at radius 1 is 1.15 bits per heavy atom. The number of methoxy groups -OCH3 is 2. The molecule has 2 aliphatic heterocycles. The molecule has 2 fully saturated rings. The molecule has 1 amide bonds. The molecular formula is C26H34N4O3. The highest BCUT2D eigenvalue weighted by atomic mass is 16.5. The number of nitrogens with one attached hydrogen (secondary N) is 1. The van der Waals surface area contributed by atoms with E-state index in [-0.39, 0.29) is 17.9 Å². The largest absolute Gasteiger partial charge is 0.383 e. The van der Waals surface area contributed by atoms with Gasteiger partial charge in [0.2, 0.25) is 5.91 Å². The summed E-state index contributed by atoms with van der Waals surface area (Å²) in [6.07, 6.45) is 7.98. The molecule has 1 aromatic carbocycles. The third-order valence-electron chi connectivity index (χ3n) is 7.44. The highest BCUT2D eigenvalue weighted by molar-refractivity contribution is 6.00. The quantitative estimate of drug-likeness (QED) is 0.724. The van der Waals surface area contributed by atoms with Gasteiger partial charge in [0.1, 0.15) is 5.82 Å². The summed E-state index contributed by atoms with van der Waals surface area (Å²) in [4.78, 5) is 22.8. The van der Waals surface area contributed by atoms with Gasteiger partial charge in [-0.15, -0.1) is 0 Å². The number of aromatic nitrogens is 1. The number of ether oxygens (including phenoxy) is 2. The molecular weight excluding hydrogens is 416 g/mol. The zero-order chi connectivity index (χ0) is 22.8. The number of pyridine rings is 1. The van der Waals surface area contributed by atoms with Crippen LogP contribution in [0.15, 0.2) is 36.5 Å². The van der Waals surface area contributed by atoms with E-state index in [1.165, 1.54) is 0 Å². The first-order chi connectivity index (χ1) is 16.2. The summed E-state index contributed by atoms with van der Waals surface area (Å²) in [7, 11) is 3.53. The van der Waals surface area contributed by atoms with Crippen molar-refractivity contribution in [3.63, 3.8) is 0 Å². The number of anilines is 4. The van der Waals surface area contributed by atoms with Crippen LogP contribution < -0.4 is 15.1 Å². The number of benzene rings is 1. The fourth-order valence-corrected chi connectivity index (χ4v) is 5.59. The summed E-state index contributed by atoms with van der Waals surface area (Å²) in [5, 5.41) is 3.49. The molecule has 0 unspecified atom stereocenters. The molecule has 5 rings (SSSR count). The van der Waals surface area contributed by atoms with Crippen molar-refractivity contribution in [1.82, 2.24) is 4.98 Å². The van der Waals surface area contributed by atoms with Gasteiger partial charge in [0.15, 0.2) is 0 Å². The van der Waals surface area contributed by atoms with Gasteiger partial charge in [-0.1, -0.05) is 6.07 Å². The Morgan fingerprint density at radius 2 is 2.00 bits per heavy atom. The number of rotatable bonds is 5. The minimum atomic E-state index is 0.0270. The summed E-state index contributed by atoms with van der Waals surface area (Å²) < 4.78 is 11.0. The Morgan fingerprint density at radius 3 is 2.79 bits per heavy atom. The van der Waals surface area contributed by atoms with Gasteiger partial charge in [0, 0.05) is 44.1 Å². The minimum absolute atomic E-state index is 0.0270. The maximum Gasteiger partial charge on any atom is 0.230 e. The summed E-state index contributed by atoms with van der Waals surface area (Å²) >= 11 is 0. The van der Waals surface area contributed by atoms with E-state index in [2.05, 4.69) is 39.5 Å². The summed E-state index contributed by atoms with van der Waals surface area (Å²) in [6, 6.07) is 10.8. The van der Waals surface area contributed by atoms with Crippen molar-refractivity contribution < 1.29 is 14.3 Å². The maximum absolute atomic E-state index is 13.9. The van der Waals surface area contributed by atoms with Crippen LogP contribution in [0.4, 0.5) is 22.9 Å². The number of carbonyl (C=O) groups is 1. The van der Waals surface area contributed by atoms with Gasteiger partial charge in [0.25, 0.3) is 0 Å². The van der Waals surface area contributed by atoms with E-state index >= 15 is 0 Å². The normalized spacial score (nSPS) is 24.6. The lowest BCUT2D eigenvalue weighted by molar-refractivity contribution is -0.124. The first kappa shape index (κ1) is 22.2. The molecule has 1 aliphatic carbocycles. The zero-order valence-electron chi connectivity index (χ0n) is 19.6. The Labute approximate surface area is 196 Å². The zero-order valence-corrected chi connectivity index (χ0v) is 19.6. The van der Waals surface area contributed by atoms with Gasteiger partial charge in [0.05, 0.1) is 36.7 Å². The third kappa shape index (κ3) is 4.44. The fraction of sp³-hybridized carbons (Fsp3) is 0.538. The van der Waals surface area contributed by atoms with E-state index in [1.54, 1.807) is 20.4 Å². The molecule has 1 N–H and O–H groups in total. The lowest BCUT2D eigenvalue weighted by atomic mass is 9.86. The van der Waals surface area contributed by atoms with E-state index in [4.69, 9.17) is 9.47 Å². The fourth-order valence-electron chi connectivity index (χ4n) is 5.59. The van der Waals surface area contributed by atoms with Crippen molar-refractivity contribution in [1.29, 1.82) is 0 Å². The molecule has 1 saturated carbocycles. The van der Waals surface area contributed by atoms with Gasteiger partial charge in [-0.05, 0) is 62.8 Å². The van der Waals surface area contributed by atoms with Crippen LogP contribution in [0.1, 0.15) is 44.1 Å². The summed E-state index contributed by atoms with van der Waals surface area (Å²) in [5.41, 5.74) is 4.05. The average Bonchev–Trinajstić information content (AvgIpc) is 3.25. The molecule has 3 aliphatic rings. The highest BCUT2D eigenvalue weighted by Gasteiger charge is 2.34. The number of amides is 1. The van der Waals surface area contributed by atoms with Crippen LogP contribution in [-0.4, -0.2) is 50.4 Å². The molecule has 0 spiro atoms. The Bertz CT molecular complexity index is 989. The minimum Gasteiger partial charge on any atom is -0.383 e. The van der Waals surface area contributed by atoms with Gasteiger partial charge >= 0.3 is 0 Å². The second kappa shape index (κ2) is 9.69. The lowest BCUT2D eigenvalue weighted by Crippen LogP contribution is -2.38. The van der Waals surface area contributed by atoms with Crippen molar-refractivity contribution in [3.05, 3.63) is 42.1 Å². The van der Waals surface area contributed by atoms with Crippen LogP contribution in [0.2, 0.25) is 0 Å². The van der Waals surface area contributed by atoms with E-state index in [9.17, 15) is 4.79 Å². The van der Waals surface area contributed by atoms with E-state index in [1.807, 2.05) is 11.0 Å². The van der Waals surface area contributed by atoms with Crippen LogP contribution in [0.5, 0.6) is 0 Å². The lowest BCUT2D eigenvalue weighted by Gasteiger charge is -2.33. The highest BCUT2D eigenvalue weighted by Crippen LogP contribution is 2.40. The predicted octanol–water partition coefficient (Wildman–Crippen LogP) is 4.49. The summed E-state index contributed by atoms with van der Waals surface area (Å²) in [5.74, 6) is 1.05. The van der Waals surface area contributed by atoms with Crippen molar-refractivity contribution >= 4 is 28.8 Å². The van der Waals surface area contributed by atoms with Crippen molar-refractivity contribution in [2.24, 2.45) is 5.92 Å². The molecule has 7 nitrogen and oxygen atoms in total. The summed E-state index contributed by atoms with van der Waals surface area (Å²) in [6.45, 7) is 2.25. The Hall–Kier alpha value is -2.64. The Kier molecular flexibility index (Phi) is 6.51. The molecule has 33 heavy (non-hydrogen) atoms. The number of fused-ring (bicyclic) bond motifs is 2. The first-order valence-corrected chi connectivity index (χ1v) is 12.1. The SMILES string of the molecule is COC[C@@H]1CCCN1c1ccc2c(c1)N(C(=O)[C@H]1CC[C@H](OC)CC1)Cc1cccnc1N2. The number of hydrogen-bond acceptors (Lipinski definition) is 6. The second-order valence-electron chi connectivity index (χ2n) is 9.42. The van der Waals surface area contributed by atoms with E-state index < -0.39 is 0 Å². The molecule has 1 aromatic heterocycles. The van der Waals surface area contributed by atoms with Gasteiger partial charge in [-0.3, -0.25) is 4.79 Å². The Balaban J connectivity index is 1.49. The molecule has 0 bridgehead atoms. The molecule has 0 radical (unpaired) electrons. The average molecular weight is 451 g/mol. The first-order valence-electron chi connectivity index (χ1n) is 12.1.